The highest BCUT2D eigenvalue weighted by atomic mass is 16.5. The van der Waals surface area contributed by atoms with Crippen molar-refractivity contribution in [1.29, 1.82) is 0 Å². The number of aromatic nitrogens is 3. The molecule has 412 valence electrons. The SMILES string of the molecule is CCCCC1(CCCC)c2cc3ccc4ccc(N(c5ccccc5)c5ccccn5)cc4c3nc2-c2c(OC)cccc21.CCCCC1(CCCC)c2cc3ccc4ccc(Nc5ccccc5)cc4c3nc2-c2c(OC)cccc21. The van der Waals surface area contributed by atoms with Gasteiger partial charge in [0.1, 0.15) is 17.3 Å². The molecule has 1 N–H and O–H groups in total. The Hall–Kier alpha value is -8.55. The number of methoxy groups -OCH3 is 2. The smallest absolute Gasteiger partial charge is 0.137 e. The highest BCUT2D eigenvalue weighted by Crippen LogP contribution is 2.59. The molecule has 0 saturated heterocycles. The summed E-state index contributed by atoms with van der Waals surface area (Å²) in [4.78, 5) is 18.0. The van der Waals surface area contributed by atoms with Crippen LogP contribution in [0.3, 0.4) is 0 Å². The van der Waals surface area contributed by atoms with Gasteiger partial charge in [-0.1, -0.05) is 182 Å². The number of pyridine rings is 3. The van der Waals surface area contributed by atoms with E-state index in [2.05, 4.69) is 202 Å². The second-order valence-corrected chi connectivity index (χ2v) is 22.6. The zero-order valence-corrected chi connectivity index (χ0v) is 48.6. The Balaban J connectivity index is 0.000000164. The Morgan fingerprint density at radius 3 is 1.39 bits per heavy atom. The number of hydrogen-bond acceptors (Lipinski definition) is 7. The van der Waals surface area contributed by atoms with Crippen LogP contribution in [0.1, 0.15) is 127 Å². The molecule has 11 aromatic rings. The molecule has 82 heavy (non-hydrogen) atoms. The number of rotatable bonds is 19. The van der Waals surface area contributed by atoms with Crippen LogP contribution in [0.4, 0.5) is 28.6 Å². The number of benzene rings is 8. The van der Waals surface area contributed by atoms with Crippen LogP contribution >= 0.6 is 0 Å². The van der Waals surface area contributed by atoms with Crippen molar-refractivity contribution in [2.75, 3.05) is 24.4 Å². The average molecular weight is 1080 g/mol. The average Bonchev–Trinajstić information content (AvgIpc) is 2.85. The maximum atomic E-state index is 6.01. The topological polar surface area (TPSA) is 72.4 Å². The van der Waals surface area contributed by atoms with E-state index in [-0.39, 0.29) is 10.8 Å². The number of unbranched alkanes of at least 4 members (excludes halogenated alkanes) is 4. The first kappa shape index (κ1) is 54.1. The Morgan fingerprint density at radius 2 is 0.890 bits per heavy atom. The van der Waals surface area contributed by atoms with E-state index < -0.39 is 0 Å². The van der Waals surface area contributed by atoms with Gasteiger partial charge in [0.15, 0.2) is 0 Å². The molecule has 0 spiro atoms. The summed E-state index contributed by atoms with van der Waals surface area (Å²) in [5.41, 5.74) is 16.3. The van der Waals surface area contributed by atoms with E-state index in [1.165, 1.54) is 112 Å². The zero-order chi connectivity index (χ0) is 56.2. The monoisotopic (exact) mass is 1080 g/mol. The molecular weight excluding hydrogens is 1000 g/mol. The number of nitrogens with zero attached hydrogens (tertiary/aromatic N) is 4. The summed E-state index contributed by atoms with van der Waals surface area (Å²) >= 11 is 0. The number of anilines is 5. The molecule has 0 fully saturated rings. The summed E-state index contributed by atoms with van der Waals surface area (Å²) in [5.74, 6) is 2.72. The molecule has 0 saturated carbocycles. The molecule has 0 radical (unpaired) electrons. The molecule has 0 aliphatic heterocycles. The standard InChI is InChI=1S/C40H39N3O.C35H36N2O/c1-4-6-23-40(24-7-5-2)33-16-13-17-35(44-3)37(33)39-34(40)26-29-20-19-28-21-22-31(27-32(28)38(29)42-39)43(30-14-9-8-10-15-30)36-18-11-12-25-41-36;1-4-6-20-35(21-7-5-2)29-14-11-15-31(38-3)32(29)34-30(35)22-25-17-16-24-18-19-27(23-28(24)33(25)37-34)36-26-12-9-8-10-13-26/h8-22,25-27H,4-7,23-24H2,1-3H3;8-19,22-23,36H,4-7,20-21H2,1-3H3. The van der Waals surface area contributed by atoms with E-state index in [1.54, 1.807) is 14.2 Å². The van der Waals surface area contributed by atoms with Gasteiger partial charge in [0.05, 0.1) is 36.6 Å². The van der Waals surface area contributed by atoms with Crippen molar-refractivity contribution < 1.29 is 9.47 Å². The predicted octanol–water partition coefficient (Wildman–Crippen LogP) is 20.7. The van der Waals surface area contributed by atoms with Crippen molar-refractivity contribution in [2.45, 2.75) is 116 Å². The van der Waals surface area contributed by atoms with Crippen LogP contribution in [-0.2, 0) is 10.8 Å². The van der Waals surface area contributed by atoms with Crippen LogP contribution in [0.2, 0.25) is 0 Å². The lowest BCUT2D eigenvalue weighted by atomic mass is 9.71. The Labute approximate surface area is 484 Å². The maximum Gasteiger partial charge on any atom is 0.137 e. The van der Waals surface area contributed by atoms with Crippen LogP contribution in [0.25, 0.3) is 65.9 Å². The number of ether oxygens (including phenoxy) is 2. The molecule has 3 heterocycles. The van der Waals surface area contributed by atoms with E-state index in [1.807, 2.05) is 30.5 Å². The Kier molecular flexibility index (Phi) is 15.5. The third kappa shape index (κ3) is 9.68. The molecule has 13 rings (SSSR count). The Bertz CT molecular complexity index is 4010. The predicted molar refractivity (Wildman–Crippen MR) is 344 cm³/mol. The molecular formula is C75H75N5O2. The van der Waals surface area contributed by atoms with Gasteiger partial charge in [0.2, 0.25) is 0 Å². The van der Waals surface area contributed by atoms with Gasteiger partial charge in [-0.15, -0.1) is 0 Å². The molecule has 0 amide bonds. The molecule has 3 aromatic heterocycles. The molecule has 0 atom stereocenters. The lowest BCUT2D eigenvalue weighted by Crippen LogP contribution is -2.25. The van der Waals surface area contributed by atoms with E-state index in [4.69, 9.17) is 24.4 Å². The highest BCUT2D eigenvalue weighted by molar-refractivity contribution is 6.10. The first-order valence-corrected chi connectivity index (χ1v) is 30.1. The first-order valence-electron chi connectivity index (χ1n) is 30.1. The molecule has 0 unspecified atom stereocenters. The summed E-state index contributed by atoms with van der Waals surface area (Å²) in [6, 6.07) is 67.1. The van der Waals surface area contributed by atoms with Gasteiger partial charge in [0, 0.05) is 72.4 Å². The summed E-state index contributed by atoms with van der Waals surface area (Å²) in [6.45, 7) is 9.17. The van der Waals surface area contributed by atoms with Crippen LogP contribution in [0, 0.1) is 0 Å². The molecule has 0 bridgehead atoms. The fourth-order valence-electron chi connectivity index (χ4n) is 13.6. The molecule has 2 aliphatic carbocycles. The third-order valence-electron chi connectivity index (χ3n) is 17.7. The summed E-state index contributed by atoms with van der Waals surface area (Å²) in [5, 5.41) is 10.6. The van der Waals surface area contributed by atoms with Gasteiger partial charge >= 0.3 is 0 Å². The quantitative estimate of drug-likeness (QED) is 0.0809. The fraction of sp³-hybridized carbons (Fsp3) is 0.267. The minimum absolute atomic E-state index is 0.0158. The van der Waals surface area contributed by atoms with Crippen molar-refractivity contribution in [3.63, 3.8) is 0 Å². The van der Waals surface area contributed by atoms with Gasteiger partial charge in [-0.25, -0.2) is 15.0 Å². The van der Waals surface area contributed by atoms with Crippen molar-refractivity contribution in [2.24, 2.45) is 0 Å². The normalized spacial score (nSPS) is 13.3. The van der Waals surface area contributed by atoms with Crippen molar-refractivity contribution in [3.8, 4) is 34.0 Å². The third-order valence-corrected chi connectivity index (χ3v) is 17.7. The van der Waals surface area contributed by atoms with Gasteiger partial charge in [-0.2, -0.15) is 0 Å². The minimum Gasteiger partial charge on any atom is -0.496 e. The van der Waals surface area contributed by atoms with Crippen LogP contribution < -0.4 is 19.7 Å². The van der Waals surface area contributed by atoms with E-state index in [0.717, 1.165) is 93.6 Å². The maximum absolute atomic E-state index is 6.01. The van der Waals surface area contributed by atoms with E-state index in [0.29, 0.717) is 0 Å². The second-order valence-electron chi connectivity index (χ2n) is 22.6. The second kappa shape index (κ2) is 23.5. The van der Waals surface area contributed by atoms with Crippen molar-refractivity contribution in [3.05, 3.63) is 217 Å². The van der Waals surface area contributed by atoms with Gasteiger partial charge in [-0.3, -0.25) is 4.90 Å². The van der Waals surface area contributed by atoms with Gasteiger partial charge in [0.25, 0.3) is 0 Å². The first-order chi connectivity index (χ1) is 40.4. The number of fused-ring (bicyclic) bond motifs is 12. The van der Waals surface area contributed by atoms with Crippen molar-refractivity contribution in [1.82, 2.24) is 15.0 Å². The minimum atomic E-state index is -0.0493. The number of para-hydroxylation sites is 2. The Morgan fingerprint density at radius 1 is 0.415 bits per heavy atom. The largest absolute Gasteiger partial charge is 0.496 e. The van der Waals surface area contributed by atoms with Crippen LogP contribution in [-0.4, -0.2) is 29.2 Å². The molecule has 7 nitrogen and oxygen atoms in total. The molecule has 7 heteroatoms. The summed E-state index contributed by atoms with van der Waals surface area (Å²) in [7, 11) is 3.57. The van der Waals surface area contributed by atoms with Crippen LogP contribution in [0.15, 0.2) is 194 Å². The lowest BCUT2D eigenvalue weighted by molar-refractivity contribution is 0.405. The van der Waals surface area contributed by atoms with Gasteiger partial charge in [-0.05, 0) is 144 Å². The zero-order valence-electron chi connectivity index (χ0n) is 48.6. The molecule has 2 aliphatic rings. The summed E-state index contributed by atoms with van der Waals surface area (Å²) in [6.07, 6.45) is 15.9. The van der Waals surface area contributed by atoms with Gasteiger partial charge < -0.3 is 14.8 Å². The highest BCUT2D eigenvalue weighted by Gasteiger charge is 2.46. The number of nitrogens with one attached hydrogen (secondary N) is 1. The van der Waals surface area contributed by atoms with E-state index in [9.17, 15) is 0 Å². The fourth-order valence-corrected chi connectivity index (χ4v) is 13.6. The summed E-state index contributed by atoms with van der Waals surface area (Å²) < 4.78 is 12.0. The van der Waals surface area contributed by atoms with Crippen LogP contribution in [0.5, 0.6) is 11.5 Å². The van der Waals surface area contributed by atoms with Crippen molar-refractivity contribution >= 4 is 71.9 Å². The molecule has 8 aromatic carbocycles. The lowest BCUT2D eigenvalue weighted by Gasteiger charge is -2.32. The van der Waals surface area contributed by atoms with E-state index >= 15 is 0 Å². The number of hydrogen-bond donors (Lipinski definition) is 1.